The van der Waals surface area contributed by atoms with Crippen LogP contribution in [-0.2, 0) is 0 Å². The van der Waals surface area contributed by atoms with E-state index >= 15 is 0 Å². The highest BCUT2D eigenvalue weighted by molar-refractivity contribution is 14.1. The highest BCUT2D eigenvalue weighted by Gasteiger charge is 2.06. The predicted octanol–water partition coefficient (Wildman–Crippen LogP) is 3.23. The van der Waals surface area contributed by atoms with E-state index in [9.17, 15) is 0 Å². The van der Waals surface area contributed by atoms with Gasteiger partial charge in [-0.25, -0.2) is 0 Å². The van der Waals surface area contributed by atoms with E-state index < -0.39 is 0 Å². The monoisotopic (exact) mass is 283 g/mol. The van der Waals surface area contributed by atoms with Crippen molar-refractivity contribution in [3.05, 3.63) is 0 Å². The molecule has 0 fully saturated rings. The molecule has 2 heteroatoms. The predicted molar refractivity (Wildman–Crippen MR) is 65.0 cm³/mol. The Hall–Kier alpha value is 0.690. The number of hydrogen-bond donors (Lipinski definition) is 1. The molecule has 0 aliphatic rings. The summed E-state index contributed by atoms with van der Waals surface area (Å²) in [6.07, 6.45) is 4.10. The SMILES string of the molecule is CCNCCCC[C@H](C)C(C)I. The molecule has 1 unspecified atom stereocenters. The summed E-state index contributed by atoms with van der Waals surface area (Å²) in [7, 11) is 0. The summed E-state index contributed by atoms with van der Waals surface area (Å²) in [5, 5.41) is 3.35. The molecule has 0 heterocycles. The number of rotatable bonds is 7. The lowest BCUT2D eigenvalue weighted by molar-refractivity contribution is 0.496. The lowest BCUT2D eigenvalue weighted by Crippen LogP contribution is -2.14. The molecule has 0 aromatic carbocycles. The Balaban J connectivity index is 3.08. The second-order valence-corrected chi connectivity index (χ2v) is 5.47. The van der Waals surface area contributed by atoms with E-state index in [1.54, 1.807) is 0 Å². The van der Waals surface area contributed by atoms with Crippen molar-refractivity contribution in [1.29, 1.82) is 0 Å². The van der Waals surface area contributed by atoms with Gasteiger partial charge in [-0.2, -0.15) is 0 Å². The number of alkyl halides is 1. The fourth-order valence-electron chi connectivity index (χ4n) is 1.12. The van der Waals surface area contributed by atoms with Crippen molar-refractivity contribution in [2.75, 3.05) is 13.1 Å². The third-order valence-electron chi connectivity index (χ3n) is 2.30. The van der Waals surface area contributed by atoms with Gasteiger partial charge in [0, 0.05) is 3.92 Å². The zero-order chi connectivity index (χ0) is 9.40. The van der Waals surface area contributed by atoms with Gasteiger partial charge in [-0.1, -0.05) is 49.8 Å². The van der Waals surface area contributed by atoms with Gasteiger partial charge in [-0.05, 0) is 31.8 Å². The quantitative estimate of drug-likeness (QED) is 0.430. The molecular formula is C10H22IN. The first-order chi connectivity index (χ1) is 5.68. The minimum Gasteiger partial charge on any atom is -0.317 e. The van der Waals surface area contributed by atoms with Gasteiger partial charge in [0.1, 0.15) is 0 Å². The van der Waals surface area contributed by atoms with Gasteiger partial charge in [0.05, 0.1) is 0 Å². The van der Waals surface area contributed by atoms with Crippen molar-refractivity contribution >= 4 is 22.6 Å². The number of nitrogens with one attached hydrogen (secondary N) is 1. The van der Waals surface area contributed by atoms with Crippen molar-refractivity contribution in [2.45, 2.75) is 44.0 Å². The van der Waals surface area contributed by atoms with E-state index in [1.807, 2.05) is 0 Å². The molecule has 74 valence electrons. The molecule has 0 aromatic heterocycles. The van der Waals surface area contributed by atoms with E-state index in [1.165, 1.54) is 25.8 Å². The highest BCUT2D eigenvalue weighted by atomic mass is 127. The Kier molecular flexibility index (Phi) is 8.77. The van der Waals surface area contributed by atoms with Crippen molar-refractivity contribution in [3.8, 4) is 0 Å². The van der Waals surface area contributed by atoms with Crippen LogP contribution in [-0.4, -0.2) is 17.0 Å². The van der Waals surface area contributed by atoms with Crippen LogP contribution < -0.4 is 5.32 Å². The second kappa shape index (κ2) is 8.30. The van der Waals surface area contributed by atoms with Crippen LogP contribution in [0, 0.1) is 5.92 Å². The molecule has 0 saturated carbocycles. The zero-order valence-electron chi connectivity index (χ0n) is 8.57. The van der Waals surface area contributed by atoms with E-state index in [4.69, 9.17) is 0 Å². The normalized spacial score (nSPS) is 16.0. The molecule has 0 saturated heterocycles. The minimum atomic E-state index is 0.821. The van der Waals surface area contributed by atoms with Crippen LogP contribution >= 0.6 is 22.6 Å². The molecule has 0 aliphatic carbocycles. The van der Waals surface area contributed by atoms with Gasteiger partial charge < -0.3 is 5.32 Å². The van der Waals surface area contributed by atoms with Crippen molar-refractivity contribution in [3.63, 3.8) is 0 Å². The average Bonchev–Trinajstić information content (AvgIpc) is 2.03. The molecule has 0 bridgehead atoms. The first kappa shape index (κ1) is 12.7. The van der Waals surface area contributed by atoms with Crippen molar-refractivity contribution < 1.29 is 0 Å². The third kappa shape index (κ3) is 7.35. The lowest BCUT2D eigenvalue weighted by atomic mass is 10.0. The summed E-state index contributed by atoms with van der Waals surface area (Å²) < 4.78 is 0.821. The average molecular weight is 283 g/mol. The molecule has 0 radical (unpaired) electrons. The summed E-state index contributed by atoms with van der Waals surface area (Å²) >= 11 is 2.52. The molecule has 0 aromatic rings. The van der Waals surface area contributed by atoms with E-state index in [-0.39, 0.29) is 0 Å². The Morgan fingerprint density at radius 2 is 1.92 bits per heavy atom. The first-order valence-corrected chi connectivity index (χ1v) is 6.27. The molecule has 12 heavy (non-hydrogen) atoms. The molecule has 0 rings (SSSR count). The number of unbranched alkanes of at least 4 members (excludes halogenated alkanes) is 1. The van der Waals surface area contributed by atoms with Crippen molar-refractivity contribution in [2.24, 2.45) is 5.92 Å². The van der Waals surface area contributed by atoms with Crippen molar-refractivity contribution in [1.82, 2.24) is 5.32 Å². The van der Waals surface area contributed by atoms with E-state index in [0.29, 0.717) is 0 Å². The molecule has 0 aliphatic heterocycles. The van der Waals surface area contributed by atoms with Gasteiger partial charge in [0.25, 0.3) is 0 Å². The summed E-state index contributed by atoms with van der Waals surface area (Å²) in [5.41, 5.74) is 0. The summed E-state index contributed by atoms with van der Waals surface area (Å²) in [5.74, 6) is 0.882. The van der Waals surface area contributed by atoms with Gasteiger partial charge in [-0.3, -0.25) is 0 Å². The van der Waals surface area contributed by atoms with Crippen LogP contribution in [0.3, 0.4) is 0 Å². The Morgan fingerprint density at radius 1 is 1.25 bits per heavy atom. The zero-order valence-corrected chi connectivity index (χ0v) is 10.7. The maximum atomic E-state index is 3.35. The second-order valence-electron chi connectivity index (χ2n) is 3.50. The molecule has 2 atom stereocenters. The van der Waals surface area contributed by atoms with Crippen LogP contribution in [0.5, 0.6) is 0 Å². The molecule has 1 N–H and O–H groups in total. The summed E-state index contributed by atoms with van der Waals surface area (Å²) in [4.78, 5) is 0. The Labute approximate surface area is 90.8 Å². The van der Waals surface area contributed by atoms with Crippen LogP contribution in [0.4, 0.5) is 0 Å². The number of halogens is 1. The maximum absolute atomic E-state index is 3.35. The summed E-state index contributed by atoms with van der Waals surface area (Å²) in [6.45, 7) is 9.12. The number of hydrogen-bond acceptors (Lipinski definition) is 1. The van der Waals surface area contributed by atoms with Gasteiger partial charge >= 0.3 is 0 Å². The van der Waals surface area contributed by atoms with Gasteiger partial charge in [0.2, 0.25) is 0 Å². The van der Waals surface area contributed by atoms with Crippen LogP contribution in [0.15, 0.2) is 0 Å². The van der Waals surface area contributed by atoms with E-state index in [0.717, 1.165) is 16.4 Å². The standard InChI is InChI=1S/C10H22IN/c1-4-12-8-6-5-7-9(2)10(3)11/h9-10,12H,4-8H2,1-3H3/t9-,10?/m0/s1. The fourth-order valence-corrected chi connectivity index (χ4v) is 1.48. The highest BCUT2D eigenvalue weighted by Crippen LogP contribution is 2.18. The third-order valence-corrected chi connectivity index (χ3v) is 3.52. The van der Waals surface area contributed by atoms with Crippen LogP contribution in [0.1, 0.15) is 40.0 Å². The maximum Gasteiger partial charge on any atom is 0.0107 e. The van der Waals surface area contributed by atoms with Crippen LogP contribution in [0.2, 0.25) is 0 Å². The fraction of sp³-hybridized carbons (Fsp3) is 1.00. The summed E-state index contributed by atoms with van der Waals surface area (Å²) in [6, 6.07) is 0. The Morgan fingerprint density at radius 3 is 2.42 bits per heavy atom. The molecule has 1 nitrogen and oxygen atoms in total. The first-order valence-electron chi connectivity index (χ1n) is 5.03. The molecule has 0 amide bonds. The van der Waals surface area contributed by atoms with Crippen LogP contribution in [0.25, 0.3) is 0 Å². The van der Waals surface area contributed by atoms with E-state index in [2.05, 4.69) is 48.7 Å². The van der Waals surface area contributed by atoms with Gasteiger partial charge in [0.15, 0.2) is 0 Å². The molecular weight excluding hydrogens is 261 g/mol. The topological polar surface area (TPSA) is 12.0 Å². The molecule has 0 spiro atoms. The minimum absolute atomic E-state index is 0.821. The Bertz CT molecular complexity index is 93.8. The largest absolute Gasteiger partial charge is 0.317 e. The lowest BCUT2D eigenvalue weighted by Gasteiger charge is -2.13. The van der Waals surface area contributed by atoms with Gasteiger partial charge in [-0.15, -0.1) is 0 Å². The smallest absolute Gasteiger partial charge is 0.0107 e.